The average molecular weight is 334 g/mol. The van der Waals surface area contributed by atoms with Gasteiger partial charge in [-0.1, -0.05) is 15.9 Å². The van der Waals surface area contributed by atoms with Gasteiger partial charge in [-0.3, -0.25) is 9.69 Å². The van der Waals surface area contributed by atoms with Crippen molar-refractivity contribution in [3.8, 4) is 0 Å². The van der Waals surface area contributed by atoms with E-state index in [0.717, 1.165) is 4.47 Å². The quantitative estimate of drug-likeness (QED) is 0.775. The summed E-state index contributed by atoms with van der Waals surface area (Å²) in [6.45, 7) is 1.09. The van der Waals surface area contributed by atoms with Crippen LogP contribution < -0.4 is 0 Å². The van der Waals surface area contributed by atoms with Crippen LogP contribution in [0.2, 0.25) is 0 Å². The predicted octanol–water partition coefficient (Wildman–Crippen LogP) is 1.95. The van der Waals surface area contributed by atoms with Gasteiger partial charge >= 0.3 is 5.97 Å². The summed E-state index contributed by atoms with van der Waals surface area (Å²) in [6, 6.07) is 4.71. The van der Waals surface area contributed by atoms with E-state index in [4.69, 9.17) is 5.11 Å². The first-order valence-electron chi connectivity index (χ1n) is 5.90. The molecule has 0 aromatic heterocycles. The number of hydrogen-bond acceptors (Lipinski definition) is 4. The highest BCUT2D eigenvalue weighted by atomic mass is 79.9. The second kappa shape index (κ2) is 8.24. The van der Waals surface area contributed by atoms with E-state index in [1.165, 1.54) is 13.2 Å². The largest absolute Gasteiger partial charge is 0.469 e. The van der Waals surface area contributed by atoms with Crippen LogP contribution >= 0.6 is 15.9 Å². The Morgan fingerprint density at radius 1 is 1.47 bits per heavy atom. The first kappa shape index (κ1) is 16.1. The fourth-order valence-electron chi connectivity index (χ4n) is 1.67. The number of benzene rings is 1. The number of esters is 1. The summed E-state index contributed by atoms with van der Waals surface area (Å²) in [6.07, 6.45) is 0.214. The molecule has 0 radical (unpaired) electrons. The van der Waals surface area contributed by atoms with Crippen molar-refractivity contribution < 1.29 is 19.0 Å². The van der Waals surface area contributed by atoms with Crippen LogP contribution in [-0.4, -0.2) is 42.8 Å². The van der Waals surface area contributed by atoms with Crippen LogP contribution in [0.5, 0.6) is 0 Å². The van der Waals surface area contributed by atoms with Crippen molar-refractivity contribution in [2.75, 3.05) is 26.8 Å². The Labute approximate surface area is 120 Å². The normalized spacial score (nSPS) is 10.8. The van der Waals surface area contributed by atoms with Gasteiger partial charge in [0.2, 0.25) is 0 Å². The molecule has 0 fully saturated rings. The zero-order valence-corrected chi connectivity index (χ0v) is 12.3. The summed E-state index contributed by atoms with van der Waals surface area (Å²) < 4.78 is 19.0. The third-order valence-corrected chi connectivity index (χ3v) is 3.17. The second-order valence-corrected chi connectivity index (χ2v) is 4.98. The molecular formula is C13H17BrFNO3. The van der Waals surface area contributed by atoms with Gasteiger partial charge in [0.1, 0.15) is 5.82 Å². The maximum Gasteiger partial charge on any atom is 0.306 e. The summed E-state index contributed by atoms with van der Waals surface area (Å²) in [4.78, 5) is 12.9. The molecular weight excluding hydrogens is 317 g/mol. The number of carbonyl (C=O) groups excluding carboxylic acids is 1. The van der Waals surface area contributed by atoms with Crippen molar-refractivity contribution in [1.29, 1.82) is 0 Å². The van der Waals surface area contributed by atoms with E-state index in [1.54, 1.807) is 12.1 Å². The Hall–Kier alpha value is -0.980. The van der Waals surface area contributed by atoms with E-state index in [0.29, 0.717) is 25.2 Å². The SMILES string of the molecule is COC(=O)CCN(CCO)Cc1cc(Br)ccc1F. The molecule has 19 heavy (non-hydrogen) atoms. The first-order chi connectivity index (χ1) is 9.06. The molecule has 106 valence electrons. The molecule has 1 aromatic rings. The molecule has 4 nitrogen and oxygen atoms in total. The highest BCUT2D eigenvalue weighted by Crippen LogP contribution is 2.17. The molecule has 6 heteroatoms. The lowest BCUT2D eigenvalue weighted by Gasteiger charge is -2.21. The van der Waals surface area contributed by atoms with Crippen molar-refractivity contribution in [3.63, 3.8) is 0 Å². The molecule has 1 aromatic carbocycles. The number of carbonyl (C=O) groups is 1. The van der Waals surface area contributed by atoms with Crippen LogP contribution in [0, 0.1) is 5.82 Å². The molecule has 0 bridgehead atoms. The number of nitrogens with zero attached hydrogens (tertiary/aromatic N) is 1. The zero-order chi connectivity index (χ0) is 14.3. The molecule has 0 amide bonds. The Balaban J connectivity index is 2.66. The third-order valence-electron chi connectivity index (χ3n) is 2.68. The summed E-state index contributed by atoms with van der Waals surface area (Å²) in [7, 11) is 1.33. The fraction of sp³-hybridized carbons (Fsp3) is 0.462. The molecule has 0 saturated carbocycles. The van der Waals surface area contributed by atoms with Crippen molar-refractivity contribution in [2.24, 2.45) is 0 Å². The number of rotatable bonds is 7. The Morgan fingerprint density at radius 2 is 2.21 bits per heavy atom. The second-order valence-electron chi connectivity index (χ2n) is 4.06. The van der Waals surface area contributed by atoms with Gasteiger partial charge in [0.25, 0.3) is 0 Å². The third kappa shape index (κ3) is 5.67. The minimum absolute atomic E-state index is 0.0448. The molecule has 0 aliphatic heterocycles. The maximum absolute atomic E-state index is 13.6. The molecule has 0 aliphatic rings. The van der Waals surface area contributed by atoms with E-state index >= 15 is 0 Å². The molecule has 0 atom stereocenters. The van der Waals surface area contributed by atoms with E-state index < -0.39 is 0 Å². The number of aliphatic hydroxyl groups excluding tert-OH is 1. The minimum Gasteiger partial charge on any atom is -0.469 e. The van der Waals surface area contributed by atoms with E-state index in [-0.39, 0.29) is 24.8 Å². The van der Waals surface area contributed by atoms with Crippen LogP contribution in [0.1, 0.15) is 12.0 Å². The van der Waals surface area contributed by atoms with Crippen LogP contribution in [0.25, 0.3) is 0 Å². The highest BCUT2D eigenvalue weighted by Gasteiger charge is 2.11. The smallest absolute Gasteiger partial charge is 0.306 e. The standard InChI is InChI=1S/C13H17BrFNO3/c1-19-13(18)4-5-16(6-7-17)9-10-8-11(14)2-3-12(10)15/h2-3,8,17H,4-7,9H2,1H3. The van der Waals surface area contributed by atoms with Crippen molar-refractivity contribution in [2.45, 2.75) is 13.0 Å². The van der Waals surface area contributed by atoms with Crippen LogP contribution in [0.3, 0.4) is 0 Å². The number of hydrogen-bond donors (Lipinski definition) is 1. The Kier molecular flexibility index (Phi) is 6.97. The van der Waals surface area contributed by atoms with Crippen molar-refractivity contribution in [1.82, 2.24) is 4.90 Å². The highest BCUT2D eigenvalue weighted by molar-refractivity contribution is 9.10. The monoisotopic (exact) mass is 333 g/mol. The van der Waals surface area contributed by atoms with Gasteiger partial charge in [0, 0.05) is 29.7 Å². The molecule has 0 spiro atoms. The van der Waals surface area contributed by atoms with Gasteiger partial charge in [0.05, 0.1) is 20.1 Å². The van der Waals surface area contributed by atoms with Gasteiger partial charge < -0.3 is 9.84 Å². The number of methoxy groups -OCH3 is 1. The lowest BCUT2D eigenvalue weighted by molar-refractivity contribution is -0.141. The van der Waals surface area contributed by atoms with Crippen LogP contribution in [0.15, 0.2) is 22.7 Å². The van der Waals surface area contributed by atoms with Gasteiger partial charge in [0.15, 0.2) is 0 Å². The van der Waals surface area contributed by atoms with Gasteiger partial charge in [-0.15, -0.1) is 0 Å². The van der Waals surface area contributed by atoms with Gasteiger partial charge in [-0.05, 0) is 18.2 Å². The van der Waals surface area contributed by atoms with Crippen molar-refractivity contribution >= 4 is 21.9 Å². The summed E-state index contributed by atoms with van der Waals surface area (Å²) in [5.41, 5.74) is 0.521. The van der Waals surface area contributed by atoms with Gasteiger partial charge in [-0.2, -0.15) is 0 Å². The maximum atomic E-state index is 13.6. The molecule has 1 N–H and O–H groups in total. The first-order valence-corrected chi connectivity index (χ1v) is 6.70. The average Bonchev–Trinajstić information content (AvgIpc) is 2.40. The van der Waals surface area contributed by atoms with Crippen LogP contribution in [0.4, 0.5) is 4.39 Å². The topological polar surface area (TPSA) is 49.8 Å². The summed E-state index contributed by atoms with van der Waals surface area (Å²) in [5.74, 6) is -0.623. The number of ether oxygens (including phenoxy) is 1. The molecule has 0 saturated heterocycles. The van der Waals surface area contributed by atoms with E-state index in [2.05, 4.69) is 20.7 Å². The minimum atomic E-state index is -0.322. The zero-order valence-electron chi connectivity index (χ0n) is 10.7. The number of halogens is 2. The predicted molar refractivity (Wildman–Crippen MR) is 73.1 cm³/mol. The van der Waals surface area contributed by atoms with Crippen LogP contribution in [-0.2, 0) is 16.1 Å². The van der Waals surface area contributed by atoms with Gasteiger partial charge in [-0.25, -0.2) is 4.39 Å². The molecule has 1 rings (SSSR count). The van der Waals surface area contributed by atoms with Crippen molar-refractivity contribution in [3.05, 3.63) is 34.1 Å². The molecule has 0 aliphatic carbocycles. The lowest BCUT2D eigenvalue weighted by atomic mass is 10.2. The summed E-state index contributed by atoms with van der Waals surface area (Å²) in [5, 5.41) is 9.00. The summed E-state index contributed by atoms with van der Waals surface area (Å²) >= 11 is 3.29. The fourth-order valence-corrected chi connectivity index (χ4v) is 2.08. The van der Waals surface area contributed by atoms with E-state index in [9.17, 15) is 9.18 Å². The lowest BCUT2D eigenvalue weighted by Crippen LogP contribution is -2.29. The van der Waals surface area contributed by atoms with E-state index in [1.807, 2.05) is 4.90 Å². The number of aliphatic hydroxyl groups is 1. The molecule has 0 unspecified atom stereocenters. The Morgan fingerprint density at radius 3 is 2.84 bits per heavy atom. The molecule has 0 heterocycles. The Bertz CT molecular complexity index is 428.